The van der Waals surface area contributed by atoms with Gasteiger partial charge in [-0.15, -0.1) is 0 Å². The second kappa shape index (κ2) is 8.75. The standard InChI is InChI=1S/C19H20FN3O4S/c1-5-9-21-11-10-14-15(17(26-4)16(11)20)19(22-27-14)23-28-18-12(24-2)7-6-8-13(18)25-3/h5-10,21H,1-4H3,(H,22,23)/b9-5+. The molecule has 0 atom stereocenters. The average Bonchev–Trinajstić information content (AvgIpc) is 3.12. The summed E-state index contributed by atoms with van der Waals surface area (Å²) in [5.41, 5.74) is 0.601. The number of allylic oxidation sites excluding steroid dienone is 1. The molecule has 0 aliphatic carbocycles. The summed E-state index contributed by atoms with van der Waals surface area (Å²) in [5, 5.41) is 7.25. The van der Waals surface area contributed by atoms with Gasteiger partial charge in [0.05, 0.1) is 27.0 Å². The molecule has 0 spiro atoms. The normalized spacial score (nSPS) is 11.0. The molecule has 1 aromatic heterocycles. The van der Waals surface area contributed by atoms with Crippen LogP contribution < -0.4 is 24.2 Å². The van der Waals surface area contributed by atoms with Crippen molar-refractivity contribution in [1.82, 2.24) is 5.16 Å². The van der Waals surface area contributed by atoms with E-state index < -0.39 is 5.82 Å². The zero-order valence-electron chi connectivity index (χ0n) is 15.8. The number of ether oxygens (including phenoxy) is 3. The predicted octanol–water partition coefficient (Wildman–Crippen LogP) is 5.06. The number of anilines is 2. The van der Waals surface area contributed by atoms with Crippen LogP contribution in [0.5, 0.6) is 17.2 Å². The van der Waals surface area contributed by atoms with Gasteiger partial charge in [-0.3, -0.25) is 0 Å². The van der Waals surface area contributed by atoms with Crippen LogP contribution in [0.4, 0.5) is 15.9 Å². The topological polar surface area (TPSA) is 77.8 Å². The first-order chi connectivity index (χ1) is 13.6. The molecule has 0 aliphatic rings. The summed E-state index contributed by atoms with van der Waals surface area (Å²) in [6.45, 7) is 1.82. The molecule has 0 amide bonds. The van der Waals surface area contributed by atoms with Crippen LogP contribution in [0.1, 0.15) is 6.92 Å². The van der Waals surface area contributed by atoms with Gasteiger partial charge in [0.1, 0.15) is 21.8 Å². The van der Waals surface area contributed by atoms with Crippen LogP contribution in [0, 0.1) is 5.82 Å². The van der Waals surface area contributed by atoms with Crippen LogP contribution in [0.2, 0.25) is 0 Å². The minimum atomic E-state index is -0.542. The summed E-state index contributed by atoms with van der Waals surface area (Å²) < 4.78 is 39.3. The molecule has 0 bridgehead atoms. The fourth-order valence-corrected chi connectivity index (χ4v) is 3.45. The van der Waals surface area contributed by atoms with Crippen molar-refractivity contribution in [2.45, 2.75) is 11.8 Å². The Labute approximate surface area is 165 Å². The number of nitrogens with zero attached hydrogens (tertiary/aromatic N) is 1. The lowest BCUT2D eigenvalue weighted by Gasteiger charge is -2.13. The van der Waals surface area contributed by atoms with Crippen LogP contribution in [0.25, 0.3) is 11.0 Å². The molecule has 0 aliphatic heterocycles. The molecule has 3 aromatic rings. The molecule has 2 aromatic carbocycles. The molecule has 9 heteroatoms. The zero-order valence-corrected chi connectivity index (χ0v) is 16.6. The first-order valence-electron chi connectivity index (χ1n) is 8.32. The fourth-order valence-electron chi connectivity index (χ4n) is 2.60. The van der Waals surface area contributed by atoms with Crippen molar-refractivity contribution < 1.29 is 23.1 Å². The Morgan fingerprint density at radius 1 is 1.14 bits per heavy atom. The largest absolute Gasteiger partial charge is 0.495 e. The van der Waals surface area contributed by atoms with Gasteiger partial charge in [-0.1, -0.05) is 17.3 Å². The third-order valence-corrected chi connectivity index (χ3v) is 4.80. The number of halogens is 1. The highest BCUT2D eigenvalue weighted by Crippen LogP contribution is 2.42. The van der Waals surface area contributed by atoms with E-state index in [1.807, 2.05) is 25.1 Å². The number of nitrogens with one attached hydrogen (secondary N) is 2. The minimum Gasteiger partial charge on any atom is -0.495 e. The quantitative estimate of drug-likeness (QED) is 0.504. The van der Waals surface area contributed by atoms with Crippen molar-refractivity contribution in [2.24, 2.45) is 0 Å². The molecule has 0 radical (unpaired) electrons. The molecule has 1 heterocycles. The summed E-state index contributed by atoms with van der Waals surface area (Å²) in [6.07, 6.45) is 3.36. The molecular weight excluding hydrogens is 385 g/mol. The maximum Gasteiger partial charge on any atom is 0.191 e. The maximum absolute atomic E-state index is 14.8. The number of aromatic nitrogens is 1. The molecule has 0 unspecified atom stereocenters. The molecular formula is C19H20FN3O4S. The highest BCUT2D eigenvalue weighted by atomic mass is 32.2. The Morgan fingerprint density at radius 3 is 2.46 bits per heavy atom. The van der Waals surface area contributed by atoms with Gasteiger partial charge in [0.2, 0.25) is 0 Å². The number of hydrogen-bond donors (Lipinski definition) is 2. The first-order valence-corrected chi connectivity index (χ1v) is 9.13. The molecule has 2 N–H and O–H groups in total. The third kappa shape index (κ3) is 3.65. The van der Waals surface area contributed by atoms with Crippen LogP contribution in [-0.4, -0.2) is 26.5 Å². The van der Waals surface area contributed by atoms with Gasteiger partial charge in [-0.2, -0.15) is 0 Å². The van der Waals surface area contributed by atoms with Crippen molar-refractivity contribution in [3.63, 3.8) is 0 Å². The van der Waals surface area contributed by atoms with E-state index >= 15 is 0 Å². The molecule has 148 valence electrons. The molecule has 28 heavy (non-hydrogen) atoms. The van der Waals surface area contributed by atoms with Gasteiger partial charge in [0.25, 0.3) is 0 Å². The lowest BCUT2D eigenvalue weighted by Crippen LogP contribution is -1.98. The number of rotatable bonds is 8. The fraction of sp³-hybridized carbons (Fsp3) is 0.211. The maximum atomic E-state index is 14.8. The van der Waals surface area contributed by atoms with Crippen molar-refractivity contribution >= 4 is 34.4 Å². The molecule has 0 saturated carbocycles. The predicted molar refractivity (Wildman–Crippen MR) is 108 cm³/mol. The average molecular weight is 405 g/mol. The Bertz CT molecular complexity index is 984. The second-order valence-corrected chi connectivity index (χ2v) is 6.33. The van der Waals surface area contributed by atoms with E-state index in [4.69, 9.17) is 18.7 Å². The minimum absolute atomic E-state index is 0.0286. The first kappa shape index (κ1) is 19.7. The Kier molecular flexibility index (Phi) is 6.15. The highest BCUT2D eigenvalue weighted by molar-refractivity contribution is 8.00. The van der Waals surface area contributed by atoms with Crippen molar-refractivity contribution in [1.29, 1.82) is 0 Å². The Balaban J connectivity index is 1.98. The van der Waals surface area contributed by atoms with Gasteiger partial charge in [-0.05, 0) is 37.2 Å². The third-order valence-electron chi connectivity index (χ3n) is 3.90. The molecule has 0 saturated heterocycles. The summed E-state index contributed by atoms with van der Waals surface area (Å²) in [7, 11) is 4.54. The Hall–Kier alpha value is -3.07. The van der Waals surface area contributed by atoms with Crippen molar-refractivity contribution in [3.05, 3.63) is 42.4 Å². The highest BCUT2D eigenvalue weighted by Gasteiger charge is 2.22. The van der Waals surface area contributed by atoms with Crippen molar-refractivity contribution in [3.8, 4) is 17.2 Å². The monoisotopic (exact) mass is 405 g/mol. The van der Waals surface area contributed by atoms with E-state index in [-0.39, 0.29) is 11.4 Å². The molecule has 0 fully saturated rings. The smallest absolute Gasteiger partial charge is 0.191 e. The number of benzene rings is 2. The van der Waals surface area contributed by atoms with E-state index in [9.17, 15) is 4.39 Å². The number of hydrogen-bond acceptors (Lipinski definition) is 8. The van der Waals surface area contributed by atoms with E-state index in [0.29, 0.717) is 28.3 Å². The van der Waals surface area contributed by atoms with Gasteiger partial charge in [0, 0.05) is 6.07 Å². The van der Waals surface area contributed by atoms with E-state index in [1.165, 1.54) is 25.1 Å². The second-order valence-electron chi connectivity index (χ2n) is 5.52. The SMILES string of the molecule is C/C=C/Nc1cc2onc(NSc3c(OC)cccc3OC)c2c(OC)c1F. The van der Waals surface area contributed by atoms with Crippen LogP contribution in [-0.2, 0) is 0 Å². The lowest BCUT2D eigenvalue weighted by molar-refractivity contribution is 0.376. The van der Waals surface area contributed by atoms with Crippen LogP contribution in [0.15, 0.2) is 46.0 Å². The zero-order chi connectivity index (χ0) is 20.1. The summed E-state index contributed by atoms with van der Waals surface area (Å²) in [5.74, 6) is 1.06. The van der Waals surface area contributed by atoms with Crippen LogP contribution in [0.3, 0.4) is 0 Å². The summed E-state index contributed by atoms with van der Waals surface area (Å²) in [4.78, 5) is 0.717. The summed E-state index contributed by atoms with van der Waals surface area (Å²) >= 11 is 1.21. The van der Waals surface area contributed by atoms with Crippen molar-refractivity contribution in [2.75, 3.05) is 31.4 Å². The number of methoxy groups -OCH3 is 3. The van der Waals surface area contributed by atoms with Crippen LogP contribution >= 0.6 is 11.9 Å². The Morgan fingerprint density at radius 2 is 1.86 bits per heavy atom. The lowest BCUT2D eigenvalue weighted by atomic mass is 10.2. The molecule has 3 rings (SSSR count). The van der Waals surface area contributed by atoms with E-state index in [0.717, 1.165) is 4.90 Å². The van der Waals surface area contributed by atoms with E-state index in [1.54, 1.807) is 26.5 Å². The van der Waals surface area contributed by atoms with Gasteiger partial charge in [-0.25, -0.2) is 4.39 Å². The van der Waals surface area contributed by atoms with Gasteiger partial charge in [0.15, 0.2) is 23.0 Å². The van der Waals surface area contributed by atoms with Gasteiger partial charge >= 0.3 is 0 Å². The van der Waals surface area contributed by atoms with E-state index in [2.05, 4.69) is 15.2 Å². The summed E-state index contributed by atoms with van der Waals surface area (Å²) in [6, 6.07) is 6.98. The number of fused-ring (bicyclic) bond motifs is 1. The molecule has 7 nitrogen and oxygen atoms in total. The van der Waals surface area contributed by atoms with Gasteiger partial charge < -0.3 is 28.8 Å².